The van der Waals surface area contributed by atoms with Crippen LogP contribution in [0.5, 0.6) is 5.75 Å². The van der Waals surface area contributed by atoms with Gasteiger partial charge in [-0.3, -0.25) is 4.79 Å². The van der Waals surface area contributed by atoms with Crippen molar-refractivity contribution in [1.29, 1.82) is 0 Å². The Morgan fingerprint density at radius 1 is 1.25 bits per heavy atom. The van der Waals surface area contributed by atoms with Crippen molar-refractivity contribution >= 4 is 16.8 Å². The summed E-state index contributed by atoms with van der Waals surface area (Å²) in [4.78, 5) is 23.8. The fourth-order valence-corrected chi connectivity index (χ4v) is 2.12. The van der Waals surface area contributed by atoms with Crippen molar-refractivity contribution in [3.63, 3.8) is 0 Å². The summed E-state index contributed by atoms with van der Waals surface area (Å²) in [6, 6.07) is 7.37. The Labute approximate surface area is 113 Å². The van der Waals surface area contributed by atoms with Crippen LogP contribution in [-0.4, -0.2) is 10.9 Å². The van der Waals surface area contributed by atoms with Crippen LogP contribution >= 0.6 is 0 Å². The van der Waals surface area contributed by atoms with E-state index in [9.17, 15) is 14.7 Å². The number of phenolic OH excluding ortho intramolecular Hbond substituents is 1. The van der Waals surface area contributed by atoms with Gasteiger partial charge in [0.25, 0.3) is 0 Å². The van der Waals surface area contributed by atoms with E-state index in [-0.39, 0.29) is 22.7 Å². The first kappa shape index (κ1) is 12.2. The van der Waals surface area contributed by atoms with E-state index in [0.29, 0.717) is 10.9 Å². The van der Waals surface area contributed by atoms with Crippen molar-refractivity contribution in [3.05, 3.63) is 63.9 Å². The molecule has 5 heteroatoms. The van der Waals surface area contributed by atoms with Gasteiger partial charge in [0.1, 0.15) is 11.3 Å². The average molecular weight is 270 g/mol. The molecule has 5 nitrogen and oxygen atoms in total. The first-order valence-corrected chi connectivity index (χ1v) is 5.92. The van der Waals surface area contributed by atoms with Gasteiger partial charge in [-0.2, -0.15) is 0 Å². The van der Waals surface area contributed by atoms with Crippen LogP contribution < -0.4 is 5.63 Å². The van der Waals surface area contributed by atoms with Crippen molar-refractivity contribution in [2.45, 2.75) is 6.92 Å². The maximum absolute atomic E-state index is 12.3. The van der Waals surface area contributed by atoms with Crippen molar-refractivity contribution < 1.29 is 18.7 Å². The molecule has 20 heavy (non-hydrogen) atoms. The van der Waals surface area contributed by atoms with Crippen LogP contribution in [0.15, 0.2) is 50.2 Å². The SMILES string of the molecule is Cc1cc(=O)oc2c(C(=O)c3ccco3)c(O)ccc12. The zero-order valence-electron chi connectivity index (χ0n) is 10.5. The predicted molar refractivity (Wildman–Crippen MR) is 71.0 cm³/mol. The maximum Gasteiger partial charge on any atom is 0.336 e. The molecule has 3 rings (SSSR count). The number of carbonyl (C=O) groups excluding carboxylic acids is 1. The third-order valence-electron chi connectivity index (χ3n) is 3.07. The highest BCUT2D eigenvalue weighted by molar-refractivity contribution is 6.15. The summed E-state index contributed by atoms with van der Waals surface area (Å²) in [5, 5.41) is 10.5. The molecule has 0 aliphatic carbocycles. The van der Waals surface area contributed by atoms with E-state index in [2.05, 4.69) is 0 Å². The second-order valence-corrected chi connectivity index (χ2v) is 4.39. The van der Waals surface area contributed by atoms with Gasteiger partial charge < -0.3 is 13.9 Å². The van der Waals surface area contributed by atoms with Gasteiger partial charge >= 0.3 is 5.63 Å². The van der Waals surface area contributed by atoms with E-state index in [1.807, 2.05) is 0 Å². The molecular formula is C15H10O5. The number of aryl methyl sites for hydroxylation is 1. The highest BCUT2D eigenvalue weighted by Gasteiger charge is 2.22. The molecule has 0 bridgehead atoms. The summed E-state index contributed by atoms with van der Waals surface area (Å²) in [6.45, 7) is 1.73. The number of fused-ring (bicyclic) bond motifs is 1. The molecular weight excluding hydrogens is 260 g/mol. The van der Waals surface area contributed by atoms with Crippen molar-refractivity contribution in [3.8, 4) is 5.75 Å². The molecule has 0 aliphatic rings. The summed E-state index contributed by atoms with van der Waals surface area (Å²) in [5.74, 6) is -0.726. The van der Waals surface area contributed by atoms with E-state index in [1.54, 1.807) is 19.1 Å². The molecule has 0 saturated heterocycles. The average Bonchev–Trinajstić information content (AvgIpc) is 2.91. The molecule has 1 aromatic carbocycles. The minimum Gasteiger partial charge on any atom is -0.507 e. The normalized spacial score (nSPS) is 10.8. The smallest absolute Gasteiger partial charge is 0.336 e. The second kappa shape index (κ2) is 4.38. The first-order chi connectivity index (χ1) is 9.58. The summed E-state index contributed by atoms with van der Waals surface area (Å²) < 4.78 is 10.1. The third-order valence-corrected chi connectivity index (χ3v) is 3.07. The molecule has 2 aromatic heterocycles. The van der Waals surface area contributed by atoms with Gasteiger partial charge in [-0.15, -0.1) is 0 Å². The quantitative estimate of drug-likeness (QED) is 0.572. The van der Waals surface area contributed by atoms with Crippen LogP contribution in [0.3, 0.4) is 0 Å². The summed E-state index contributed by atoms with van der Waals surface area (Å²) >= 11 is 0. The molecule has 0 saturated carbocycles. The van der Waals surface area contributed by atoms with Crippen molar-refractivity contribution in [2.75, 3.05) is 0 Å². The molecule has 3 aromatic rings. The Morgan fingerprint density at radius 3 is 2.75 bits per heavy atom. The van der Waals surface area contributed by atoms with Crippen molar-refractivity contribution in [2.24, 2.45) is 0 Å². The Morgan fingerprint density at radius 2 is 2.05 bits per heavy atom. The molecule has 0 aliphatic heterocycles. The number of rotatable bonds is 2. The van der Waals surface area contributed by atoms with Crippen LogP contribution in [0.2, 0.25) is 0 Å². The zero-order chi connectivity index (χ0) is 14.3. The van der Waals surface area contributed by atoms with Gasteiger partial charge in [0, 0.05) is 11.5 Å². The molecule has 0 fully saturated rings. The number of furan rings is 1. The molecule has 0 amide bonds. The Kier molecular flexibility index (Phi) is 2.68. The van der Waals surface area contributed by atoms with Gasteiger partial charge in [-0.25, -0.2) is 4.79 Å². The first-order valence-electron chi connectivity index (χ1n) is 5.92. The molecule has 0 spiro atoms. The molecule has 1 N–H and O–H groups in total. The molecule has 100 valence electrons. The minimum atomic E-state index is -0.575. The Balaban J connectivity index is 2.37. The monoisotopic (exact) mass is 270 g/mol. The van der Waals surface area contributed by atoms with Crippen LogP contribution in [0.4, 0.5) is 0 Å². The molecule has 0 unspecified atom stereocenters. The molecule has 0 radical (unpaired) electrons. The van der Waals surface area contributed by atoms with Crippen LogP contribution in [0, 0.1) is 6.92 Å². The lowest BCUT2D eigenvalue weighted by molar-refractivity contribution is 0.101. The van der Waals surface area contributed by atoms with Gasteiger partial charge in [0.05, 0.1) is 6.26 Å². The summed E-state index contributed by atoms with van der Waals surface area (Å²) in [7, 11) is 0. The predicted octanol–water partition coefficient (Wildman–Crippen LogP) is 2.63. The Hall–Kier alpha value is -2.82. The second-order valence-electron chi connectivity index (χ2n) is 4.39. The lowest BCUT2D eigenvalue weighted by Crippen LogP contribution is -2.05. The topological polar surface area (TPSA) is 80.7 Å². The van der Waals surface area contributed by atoms with E-state index in [0.717, 1.165) is 0 Å². The van der Waals surface area contributed by atoms with Crippen molar-refractivity contribution in [1.82, 2.24) is 0 Å². The number of benzene rings is 1. The van der Waals surface area contributed by atoms with E-state index >= 15 is 0 Å². The van der Waals surface area contributed by atoms with Gasteiger partial charge in [-0.05, 0) is 36.8 Å². The number of phenols is 1. The summed E-state index contributed by atoms with van der Waals surface area (Å²) in [5.41, 5.74) is 0.0912. The molecule has 0 atom stereocenters. The largest absolute Gasteiger partial charge is 0.507 e. The number of aromatic hydroxyl groups is 1. The minimum absolute atomic E-state index is 0.0661. The number of hydrogen-bond acceptors (Lipinski definition) is 5. The highest BCUT2D eigenvalue weighted by atomic mass is 16.4. The maximum atomic E-state index is 12.3. The third kappa shape index (κ3) is 1.80. The number of hydrogen-bond donors (Lipinski definition) is 1. The fourth-order valence-electron chi connectivity index (χ4n) is 2.12. The molecule has 2 heterocycles. The number of ketones is 1. The fraction of sp³-hybridized carbons (Fsp3) is 0.0667. The van der Waals surface area contributed by atoms with Gasteiger partial charge in [0.15, 0.2) is 11.3 Å². The highest BCUT2D eigenvalue weighted by Crippen LogP contribution is 2.30. The van der Waals surface area contributed by atoms with E-state index < -0.39 is 11.4 Å². The van der Waals surface area contributed by atoms with Gasteiger partial charge in [-0.1, -0.05) is 0 Å². The summed E-state index contributed by atoms with van der Waals surface area (Å²) in [6.07, 6.45) is 1.36. The van der Waals surface area contributed by atoms with Crippen LogP contribution in [0.25, 0.3) is 11.0 Å². The lowest BCUT2D eigenvalue weighted by Gasteiger charge is -2.07. The zero-order valence-corrected chi connectivity index (χ0v) is 10.5. The van der Waals surface area contributed by atoms with Crippen LogP contribution in [0.1, 0.15) is 21.7 Å². The van der Waals surface area contributed by atoms with E-state index in [4.69, 9.17) is 8.83 Å². The number of carbonyl (C=O) groups is 1. The lowest BCUT2D eigenvalue weighted by atomic mass is 10.0. The van der Waals surface area contributed by atoms with E-state index in [1.165, 1.54) is 24.5 Å². The standard InChI is InChI=1S/C15H10O5/c1-8-7-12(17)20-15-9(8)4-5-10(16)13(15)14(18)11-3-2-6-19-11/h2-7,16H,1H3. The Bertz CT molecular complexity index is 856. The van der Waals surface area contributed by atoms with Gasteiger partial charge in [0.2, 0.25) is 5.78 Å². The van der Waals surface area contributed by atoms with Crippen LogP contribution in [-0.2, 0) is 0 Å².